The van der Waals surface area contributed by atoms with Crippen molar-refractivity contribution in [3.63, 3.8) is 0 Å². The van der Waals surface area contributed by atoms with Crippen molar-refractivity contribution in [1.29, 1.82) is 0 Å². The van der Waals surface area contributed by atoms with Gasteiger partial charge in [0.05, 0.1) is 5.57 Å². The van der Waals surface area contributed by atoms with Crippen LogP contribution < -0.4 is 10.6 Å². The van der Waals surface area contributed by atoms with Gasteiger partial charge in [0.15, 0.2) is 5.82 Å². The quantitative estimate of drug-likeness (QED) is 0.401. The van der Waals surface area contributed by atoms with Crippen LogP contribution in [0.3, 0.4) is 0 Å². The first-order valence-electron chi connectivity index (χ1n) is 10.2. The zero-order valence-corrected chi connectivity index (χ0v) is 19.0. The van der Waals surface area contributed by atoms with E-state index >= 15 is 0 Å². The number of hydrogen-bond acceptors (Lipinski definition) is 5. The Balaban J connectivity index is 1.60. The standard InChI is InChI=1S/C24H18Cl2N6O/c1-14-20(23(33)29-19-4-2-3-13-27-19)21(15-5-9-17(25)10-6-15)32-24(28-14)30-22(31-32)16-7-11-18(26)12-8-16/h2-13,21H,1H3,(H,27,29,33)(H,28,30,31). The number of fused-ring (bicyclic) bond motifs is 1. The average Bonchev–Trinajstić information content (AvgIpc) is 3.23. The predicted molar refractivity (Wildman–Crippen MR) is 129 cm³/mol. The summed E-state index contributed by atoms with van der Waals surface area (Å²) in [5.41, 5.74) is 2.84. The van der Waals surface area contributed by atoms with E-state index in [-0.39, 0.29) is 5.91 Å². The Hall–Kier alpha value is -3.68. The Bertz CT molecular complexity index is 1350. The molecule has 2 N–H and O–H groups in total. The molecule has 33 heavy (non-hydrogen) atoms. The second-order valence-corrected chi connectivity index (χ2v) is 8.37. The number of hydrogen-bond donors (Lipinski definition) is 2. The number of halogens is 2. The summed E-state index contributed by atoms with van der Waals surface area (Å²) in [5, 5.41) is 12.1. The lowest BCUT2D eigenvalue weighted by Gasteiger charge is -2.28. The van der Waals surface area contributed by atoms with Crippen molar-refractivity contribution in [1.82, 2.24) is 19.7 Å². The van der Waals surface area contributed by atoms with Crippen LogP contribution in [0.15, 0.2) is 84.2 Å². The van der Waals surface area contributed by atoms with Crippen LogP contribution in [0.5, 0.6) is 0 Å². The smallest absolute Gasteiger partial charge is 0.257 e. The molecule has 0 fully saturated rings. The number of allylic oxidation sites excluding steroid dienone is 1. The van der Waals surface area contributed by atoms with E-state index in [0.29, 0.717) is 38.9 Å². The average molecular weight is 477 g/mol. The lowest BCUT2D eigenvalue weighted by Crippen LogP contribution is -2.31. The van der Waals surface area contributed by atoms with Gasteiger partial charge in [-0.3, -0.25) is 4.79 Å². The lowest BCUT2D eigenvalue weighted by molar-refractivity contribution is -0.113. The maximum absolute atomic E-state index is 13.4. The van der Waals surface area contributed by atoms with Gasteiger partial charge in [0.25, 0.3) is 5.91 Å². The van der Waals surface area contributed by atoms with Crippen molar-refractivity contribution in [3.05, 3.63) is 99.8 Å². The molecule has 1 aliphatic heterocycles. The van der Waals surface area contributed by atoms with Crippen LogP contribution in [0.25, 0.3) is 11.4 Å². The minimum Gasteiger partial charge on any atom is -0.328 e. The number of carbonyl (C=O) groups excluding carboxylic acids is 1. The highest BCUT2D eigenvalue weighted by atomic mass is 35.5. The topological polar surface area (TPSA) is 84.7 Å². The van der Waals surface area contributed by atoms with Crippen molar-refractivity contribution in [2.24, 2.45) is 0 Å². The summed E-state index contributed by atoms with van der Waals surface area (Å²) in [5.74, 6) is 1.23. The van der Waals surface area contributed by atoms with E-state index in [1.54, 1.807) is 47.3 Å². The Kier molecular flexibility index (Phi) is 5.58. The Morgan fingerprint density at radius 1 is 1.00 bits per heavy atom. The Morgan fingerprint density at radius 3 is 2.36 bits per heavy atom. The molecular formula is C24H18Cl2N6O. The second-order valence-electron chi connectivity index (χ2n) is 7.50. The van der Waals surface area contributed by atoms with Crippen LogP contribution in [-0.4, -0.2) is 25.7 Å². The molecule has 2 aromatic carbocycles. The first kappa shape index (κ1) is 21.2. The highest BCUT2D eigenvalue weighted by Crippen LogP contribution is 2.37. The summed E-state index contributed by atoms with van der Waals surface area (Å²) in [6, 6.07) is 19.5. The van der Waals surface area contributed by atoms with Gasteiger partial charge in [-0.1, -0.05) is 41.4 Å². The number of aromatic nitrogens is 4. The first-order valence-corrected chi connectivity index (χ1v) is 10.9. The third-order valence-corrected chi connectivity index (χ3v) is 5.80. The Labute approximate surface area is 200 Å². The number of amides is 1. The van der Waals surface area contributed by atoms with Crippen LogP contribution in [0.4, 0.5) is 11.8 Å². The minimum absolute atomic E-state index is 0.284. The van der Waals surface area contributed by atoms with Crippen molar-refractivity contribution in [2.75, 3.05) is 10.6 Å². The van der Waals surface area contributed by atoms with Crippen LogP contribution in [-0.2, 0) is 4.79 Å². The van der Waals surface area contributed by atoms with Gasteiger partial charge in [-0.05, 0) is 61.0 Å². The van der Waals surface area contributed by atoms with Crippen LogP contribution in [0, 0.1) is 0 Å². The number of nitrogens with one attached hydrogen (secondary N) is 2. The van der Waals surface area contributed by atoms with Crippen molar-refractivity contribution in [2.45, 2.75) is 13.0 Å². The number of pyridine rings is 1. The lowest BCUT2D eigenvalue weighted by atomic mass is 9.95. The third kappa shape index (κ3) is 4.20. The predicted octanol–water partition coefficient (Wildman–Crippen LogP) is 5.57. The molecular weight excluding hydrogens is 459 g/mol. The monoisotopic (exact) mass is 476 g/mol. The van der Waals surface area contributed by atoms with Crippen LogP contribution in [0.1, 0.15) is 18.5 Å². The third-order valence-electron chi connectivity index (χ3n) is 5.29. The molecule has 9 heteroatoms. The number of carbonyl (C=O) groups is 1. The van der Waals surface area contributed by atoms with Crippen LogP contribution >= 0.6 is 23.2 Å². The normalized spacial score (nSPS) is 15.1. The molecule has 0 radical (unpaired) electrons. The van der Waals surface area contributed by atoms with E-state index in [9.17, 15) is 4.79 Å². The second kappa shape index (κ2) is 8.69. The summed E-state index contributed by atoms with van der Waals surface area (Å²) >= 11 is 12.2. The number of rotatable bonds is 4. The highest BCUT2D eigenvalue weighted by molar-refractivity contribution is 6.30. The summed E-state index contributed by atoms with van der Waals surface area (Å²) in [7, 11) is 0. The maximum atomic E-state index is 13.4. The van der Waals surface area contributed by atoms with Gasteiger partial charge < -0.3 is 10.6 Å². The minimum atomic E-state index is -0.518. The summed E-state index contributed by atoms with van der Waals surface area (Å²) in [6.45, 7) is 1.84. The molecule has 164 valence electrons. The van der Waals surface area contributed by atoms with Gasteiger partial charge in [-0.2, -0.15) is 4.98 Å². The number of anilines is 2. The van der Waals surface area contributed by atoms with Crippen molar-refractivity contribution >= 4 is 40.9 Å². The first-order chi connectivity index (χ1) is 16.0. The molecule has 3 heterocycles. The molecule has 1 aliphatic rings. The zero-order valence-electron chi connectivity index (χ0n) is 17.5. The number of nitrogens with zero attached hydrogens (tertiary/aromatic N) is 4. The molecule has 0 spiro atoms. The molecule has 7 nitrogen and oxygen atoms in total. The Morgan fingerprint density at radius 2 is 1.70 bits per heavy atom. The highest BCUT2D eigenvalue weighted by Gasteiger charge is 2.34. The van der Waals surface area contributed by atoms with Gasteiger partial charge in [-0.25, -0.2) is 9.67 Å². The molecule has 1 atom stereocenters. The fourth-order valence-electron chi connectivity index (χ4n) is 3.74. The molecule has 0 saturated carbocycles. The molecule has 5 rings (SSSR count). The van der Waals surface area contributed by atoms with E-state index in [1.165, 1.54) is 0 Å². The molecule has 1 amide bonds. The van der Waals surface area contributed by atoms with Crippen molar-refractivity contribution in [3.8, 4) is 11.4 Å². The van der Waals surface area contributed by atoms with E-state index in [0.717, 1.165) is 11.1 Å². The molecule has 0 bridgehead atoms. The number of benzene rings is 2. The van der Waals surface area contributed by atoms with E-state index in [2.05, 4.69) is 20.6 Å². The summed E-state index contributed by atoms with van der Waals surface area (Å²) < 4.78 is 1.72. The van der Waals surface area contributed by atoms with Crippen molar-refractivity contribution < 1.29 is 4.79 Å². The van der Waals surface area contributed by atoms with Gasteiger partial charge >= 0.3 is 0 Å². The maximum Gasteiger partial charge on any atom is 0.257 e. The van der Waals surface area contributed by atoms with Crippen LogP contribution in [0.2, 0.25) is 10.0 Å². The largest absolute Gasteiger partial charge is 0.328 e. The van der Waals surface area contributed by atoms with Gasteiger partial charge in [0.1, 0.15) is 11.9 Å². The zero-order chi connectivity index (χ0) is 22.9. The van der Waals surface area contributed by atoms with E-state index < -0.39 is 6.04 Å². The summed E-state index contributed by atoms with van der Waals surface area (Å²) in [4.78, 5) is 22.3. The fourth-order valence-corrected chi connectivity index (χ4v) is 3.99. The van der Waals surface area contributed by atoms with Gasteiger partial charge in [0, 0.05) is 27.5 Å². The fraction of sp³-hybridized carbons (Fsp3) is 0.0833. The van der Waals surface area contributed by atoms with E-state index in [4.69, 9.17) is 28.3 Å². The van der Waals surface area contributed by atoms with E-state index in [1.807, 2.05) is 37.3 Å². The molecule has 0 aliphatic carbocycles. The van der Waals surface area contributed by atoms with Gasteiger partial charge in [0.2, 0.25) is 5.95 Å². The molecule has 1 unspecified atom stereocenters. The molecule has 0 saturated heterocycles. The summed E-state index contributed by atoms with van der Waals surface area (Å²) in [6.07, 6.45) is 1.63. The molecule has 4 aromatic rings. The van der Waals surface area contributed by atoms with Gasteiger partial charge in [-0.15, -0.1) is 5.10 Å². The SMILES string of the molecule is CC1=C(C(=O)Nc2ccccn2)C(c2ccc(Cl)cc2)n2nc(-c3ccc(Cl)cc3)nc2N1. The molecule has 2 aromatic heterocycles.